The zero-order valence-electron chi connectivity index (χ0n) is 10.4. The van der Waals surface area contributed by atoms with Crippen LogP contribution in [0.25, 0.3) is 5.69 Å². The van der Waals surface area contributed by atoms with E-state index in [-0.39, 0.29) is 11.8 Å². The minimum Gasteiger partial charge on any atom is -0.350 e. The van der Waals surface area contributed by atoms with E-state index in [1.807, 2.05) is 26.0 Å². The Morgan fingerprint density at radius 2 is 2.33 bits per heavy atom. The van der Waals surface area contributed by atoms with Crippen molar-refractivity contribution in [2.45, 2.75) is 20.4 Å². The van der Waals surface area contributed by atoms with Crippen LogP contribution in [0, 0.1) is 5.92 Å². The Balaban J connectivity index is 2.01. The summed E-state index contributed by atoms with van der Waals surface area (Å²) in [6.07, 6.45) is 5.17. The molecule has 94 valence electrons. The van der Waals surface area contributed by atoms with E-state index in [0.717, 1.165) is 5.69 Å². The first-order valence-corrected chi connectivity index (χ1v) is 5.76. The Morgan fingerprint density at radius 1 is 1.50 bits per heavy atom. The molecule has 2 heterocycles. The van der Waals surface area contributed by atoms with Crippen molar-refractivity contribution >= 4 is 5.91 Å². The molecule has 0 radical (unpaired) electrons. The van der Waals surface area contributed by atoms with Gasteiger partial charge in [-0.2, -0.15) is 0 Å². The van der Waals surface area contributed by atoms with E-state index in [4.69, 9.17) is 0 Å². The summed E-state index contributed by atoms with van der Waals surface area (Å²) >= 11 is 0. The lowest BCUT2D eigenvalue weighted by atomic mass is 10.2. The van der Waals surface area contributed by atoms with Crippen molar-refractivity contribution in [1.29, 1.82) is 0 Å². The van der Waals surface area contributed by atoms with Crippen LogP contribution in [0.3, 0.4) is 0 Å². The number of nitrogens with zero attached hydrogens (tertiary/aromatic N) is 4. The Morgan fingerprint density at radius 3 is 3.00 bits per heavy atom. The molecule has 6 nitrogen and oxygen atoms in total. The molecule has 6 heteroatoms. The maximum absolute atomic E-state index is 11.4. The number of aromatic nitrogens is 4. The van der Waals surface area contributed by atoms with Gasteiger partial charge in [-0.3, -0.25) is 9.78 Å². The standard InChI is InChI=1S/C12H15N5O/c1-9(2)12(18)14-6-10-8-17(16-15-10)11-4-3-5-13-7-11/h3-5,7-9H,6H2,1-2H3,(H,14,18). The van der Waals surface area contributed by atoms with Crippen LogP contribution in [0.5, 0.6) is 0 Å². The molecule has 0 atom stereocenters. The molecular weight excluding hydrogens is 230 g/mol. The van der Waals surface area contributed by atoms with Crippen molar-refractivity contribution in [3.8, 4) is 5.69 Å². The zero-order valence-corrected chi connectivity index (χ0v) is 10.4. The van der Waals surface area contributed by atoms with E-state index in [2.05, 4.69) is 20.6 Å². The van der Waals surface area contributed by atoms with Crippen molar-refractivity contribution in [3.05, 3.63) is 36.4 Å². The highest BCUT2D eigenvalue weighted by Crippen LogP contribution is 2.04. The molecule has 0 fully saturated rings. The molecule has 0 aliphatic carbocycles. The van der Waals surface area contributed by atoms with Gasteiger partial charge in [-0.15, -0.1) is 5.10 Å². The number of rotatable bonds is 4. The van der Waals surface area contributed by atoms with Crippen molar-refractivity contribution in [1.82, 2.24) is 25.3 Å². The lowest BCUT2D eigenvalue weighted by Crippen LogP contribution is -2.27. The van der Waals surface area contributed by atoms with E-state index in [9.17, 15) is 4.79 Å². The summed E-state index contributed by atoms with van der Waals surface area (Å²) in [4.78, 5) is 15.4. The first-order valence-electron chi connectivity index (χ1n) is 5.76. The monoisotopic (exact) mass is 245 g/mol. The average Bonchev–Trinajstić information content (AvgIpc) is 2.85. The average molecular weight is 245 g/mol. The topological polar surface area (TPSA) is 72.7 Å². The van der Waals surface area contributed by atoms with Crippen LogP contribution in [0.15, 0.2) is 30.7 Å². The highest BCUT2D eigenvalue weighted by Gasteiger charge is 2.08. The van der Waals surface area contributed by atoms with Gasteiger partial charge in [0.15, 0.2) is 0 Å². The molecule has 1 amide bonds. The van der Waals surface area contributed by atoms with Crippen molar-refractivity contribution in [2.75, 3.05) is 0 Å². The second-order valence-corrected chi connectivity index (χ2v) is 4.24. The molecule has 0 aliphatic rings. The van der Waals surface area contributed by atoms with Crippen LogP contribution in [0.4, 0.5) is 0 Å². The number of hydrogen-bond donors (Lipinski definition) is 1. The quantitative estimate of drug-likeness (QED) is 0.869. The van der Waals surface area contributed by atoms with Crippen LogP contribution in [-0.2, 0) is 11.3 Å². The molecule has 0 spiro atoms. The predicted octanol–water partition coefficient (Wildman–Crippen LogP) is 0.934. The summed E-state index contributed by atoms with van der Waals surface area (Å²) in [6.45, 7) is 4.08. The molecule has 18 heavy (non-hydrogen) atoms. The summed E-state index contributed by atoms with van der Waals surface area (Å²) in [6, 6.07) is 3.72. The molecular formula is C12H15N5O. The van der Waals surface area contributed by atoms with Gasteiger partial charge in [0, 0.05) is 12.1 Å². The predicted molar refractivity (Wildman–Crippen MR) is 65.8 cm³/mol. The maximum Gasteiger partial charge on any atom is 0.222 e. The van der Waals surface area contributed by atoms with Gasteiger partial charge in [-0.25, -0.2) is 4.68 Å². The van der Waals surface area contributed by atoms with Gasteiger partial charge in [-0.05, 0) is 12.1 Å². The highest BCUT2D eigenvalue weighted by molar-refractivity contribution is 5.77. The fraction of sp³-hybridized carbons (Fsp3) is 0.333. The second-order valence-electron chi connectivity index (χ2n) is 4.24. The maximum atomic E-state index is 11.4. The molecule has 0 unspecified atom stereocenters. The molecule has 0 aromatic carbocycles. The third-order valence-electron chi connectivity index (χ3n) is 2.42. The number of amides is 1. The first-order chi connectivity index (χ1) is 8.66. The fourth-order valence-corrected chi connectivity index (χ4v) is 1.38. The van der Waals surface area contributed by atoms with Gasteiger partial charge >= 0.3 is 0 Å². The molecule has 1 N–H and O–H groups in total. The Hall–Kier alpha value is -2.24. The highest BCUT2D eigenvalue weighted by atomic mass is 16.1. The van der Waals surface area contributed by atoms with E-state index in [0.29, 0.717) is 12.2 Å². The summed E-state index contributed by atoms with van der Waals surface area (Å²) in [7, 11) is 0. The Labute approximate surface area is 105 Å². The van der Waals surface area contributed by atoms with Gasteiger partial charge in [0.05, 0.1) is 24.6 Å². The third kappa shape index (κ3) is 2.91. The van der Waals surface area contributed by atoms with E-state index in [1.165, 1.54) is 0 Å². The smallest absolute Gasteiger partial charge is 0.222 e. The van der Waals surface area contributed by atoms with Gasteiger partial charge in [0.1, 0.15) is 5.69 Å². The summed E-state index contributed by atoms with van der Waals surface area (Å²) in [5.74, 6) is -0.0238. The number of pyridine rings is 1. The van der Waals surface area contributed by atoms with E-state index in [1.54, 1.807) is 23.3 Å². The van der Waals surface area contributed by atoms with E-state index >= 15 is 0 Å². The van der Waals surface area contributed by atoms with Crippen LogP contribution >= 0.6 is 0 Å². The fourth-order valence-electron chi connectivity index (χ4n) is 1.38. The molecule has 0 saturated heterocycles. The molecule has 2 rings (SSSR count). The Kier molecular flexibility index (Phi) is 3.66. The van der Waals surface area contributed by atoms with Crippen molar-refractivity contribution in [3.63, 3.8) is 0 Å². The third-order valence-corrected chi connectivity index (χ3v) is 2.42. The number of hydrogen-bond acceptors (Lipinski definition) is 4. The van der Waals surface area contributed by atoms with Gasteiger partial charge in [0.2, 0.25) is 5.91 Å². The minimum atomic E-state index is -0.0293. The second kappa shape index (κ2) is 5.39. The number of nitrogens with one attached hydrogen (secondary N) is 1. The normalized spacial score (nSPS) is 10.6. The van der Waals surface area contributed by atoms with Crippen molar-refractivity contribution in [2.24, 2.45) is 5.92 Å². The largest absolute Gasteiger partial charge is 0.350 e. The lowest BCUT2D eigenvalue weighted by molar-refractivity contribution is -0.124. The number of carbonyl (C=O) groups excluding carboxylic acids is 1. The molecule has 0 saturated carbocycles. The van der Waals surface area contributed by atoms with Gasteiger partial charge < -0.3 is 5.32 Å². The molecule has 2 aromatic rings. The molecule has 0 bridgehead atoms. The van der Waals surface area contributed by atoms with Crippen LogP contribution in [0.2, 0.25) is 0 Å². The number of carbonyl (C=O) groups is 1. The van der Waals surface area contributed by atoms with Gasteiger partial charge in [-0.1, -0.05) is 19.1 Å². The SMILES string of the molecule is CC(C)C(=O)NCc1cn(-c2cccnc2)nn1. The summed E-state index contributed by atoms with van der Waals surface area (Å²) in [5, 5.41) is 10.8. The first kappa shape index (κ1) is 12.2. The molecule has 2 aromatic heterocycles. The molecule has 0 aliphatic heterocycles. The van der Waals surface area contributed by atoms with Crippen LogP contribution < -0.4 is 5.32 Å². The minimum absolute atomic E-state index is 0.00549. The Bertz CT molecular complexity index is 520. The summed E-state index contributed by atoms with van der Waals surface area (Å²) in [5.41, 5.74) is 1.55. The zero-order chi connectivity index (χ0) is 13.0. The summed E-state index contributed by atoms with van der Waals surface area (Å²) < 4.78 is 1.63. The van der Waals surface area contributed by atoms with Gasteiger partial charge in [0.25, 0.3) is 0 Å². The van der Waals surface area contributed by atoms with Crippen LogP contribution in [0.1, 0.15) is 19.5 Å². The van der Waals surface area contributed by atoms with Crippen molar-refractivity contribution < 1.29 is 4.79 Å². The van der Waals surface area contributed by atoms with Crippen LogP contribution in [-0.4, -0.2) is 25.9 Å². The lowest BCUT2D eigenvalue weighted by Gasteiger charge is -2.04. The van der Waals surface area contributed by atoms with E-state index < -0.39 is 0 Å².